The van der Waals surface area contributed by atoms with Crippen LogP contribution in [0.25, 0.3) is 16.8 Å². The van der Waals surface area contributed by atoms with Crippen LogP contribution in [-0.4, -0.2) is 19.4 Å². The van der Waals surface area contributed by atoms with Crippen LogP contribution in [0.1, 0.15) is 42.4 Å². The topological polar surface area (TPSA) is 87.6 Å². The molecule has 5 rings (SSSR count). The number of ether oxygens (including phenoxy) is 2. The van der Waals surface area contributed by atoms with E-state index in [9.17, 15) is 4.39 Å². The molecule has 0 spiro atoms. The lowest BCUT2D eigenvalue weighted by molar-refractivity contribution is 0.293. The van der Waals surface area contributed by atoms with Crippen LogP contribution in [-0.2, 0) is 13.2 Å². The molecule has 8 heteroatoms. The van der Waals surface area contributed by atoms with Gasteiger partial charge in [0.1, 0.15) is 53.4 Å². The van der Waals surface area contributed by atoms with Gasteiger partial charge >= 0.3 is 0 Å². The fraction of sp³-hybridized carbons (Fsp3) is 0.207. The van der Waals surface area contributed by atoms with E-state index in [-0.39, 0.29) is 18.3 Å². The first kappa shape index (κ1) is 24.2. The van der Waals surface area contributed by atoms with E-state index in [4.69, 9.17) is 20.2 Å². The molecule has 0 fully saturated rings. The van der Waals surface area contributed by atoms with Gasteiger partial charge in [0.25, 0.3) is 0 Å². The minimum Gasteiger partial charge on any atom is -0.489 e. The van der Waals surface area contributed by atoms with Crippen LogP contribution in [0.3, 0.4) is 0 Å². The van der Waals surface area contributed by atoms with Gasteiger partial charge in [-0.1, -0.05) is 19.9 Å². The second kappa shape index (κ2) is 10.3. The smallest absolute Gasteiger partial charge is 0.150 e. The Bertz CT molecular complexity index is 1530. The van der Waals surface area contributed by atoms with Crippen molar-refractivity contribution in [2.75, 3.05) is 5.73 Å². The van der Waals surface area contributed by atoms with E-state index >= 15 is 0 Å². The lowest BCUT2D eigenvalue weighted by Crippen LogP contribution is -2.00. The normalized spacial score (nSPS) is 11.3. The van der Waals surface area contributed by atoms with Gasteiger partial charge in [0.2, 0.25) is 0 Å². The first-order chi connectivity index (χ1) is 17.9. The summed E-state index contributed by atoms with van der Waals surface area (Å²) in [6.07, 6.45) is 5.31. The number of rotatable bonds is 8. The molecule has 188 valence electrons. The predicted octanol–water partition coefficient (Wildman–Crippen LogP) is 6.10. The Morgan fingerprint density at radius 3 is 2.41 bits per heavy atom. The molecular formula is C29H28FN5O2. The van der Waals surface area contributed by atoms with Crippen molar-refractivity contribution in [3.05, 3.63) is 102 Å². The third kappa shape index (κ3) is 5.38. The molecule has 0 saturated heterocycles. The van der Waals surface area contributed by atoms with Crippen molar-refractivity contribution in [2.24, 2.45) is 0 Å². The van der Waals surface area contributed by atoms with Gasteiger partial charge in [-0.25, -0.2) is 14.4 Å². The molecule has 2 N–H and O–H groups in total. The fourth-order valence-electron chi connectivity index (χ4n) is 4.11. The summed E-state index contributed by atoms with van der Waals surface area (Å²) >= 11 is 0. The van der Waals surface area contributed by atoms with Crippen molar-refractivity contribution >= 4 is 11.3 Å². The van der Waals surface area contributed by atoms with Crippen molar-refractivity contribution < 1.29 is 13.9 Å². The number of nitrogens with two attached hydrogens (primary N) is 1. The lowest BCUT2D eigenvalue weighted by atomic mass is 10.1. The molecule has 0 radical (unpaired) electrons. The van der Waals surface area contributed by atoms with Crippen LogP contribution in [0.2, 0.25) is 0 Å². The maximum atomic E-state index is 14.2. The number of nitrogen functional groups attached to an aromatic ring is 1. The molecule has 5 aromatic rings. The molecular weight excluding hydrogens is 469 g/mol. The molecule has 0 amide bonds. The second-order valence-electron chi connectivity index (χ2n) is 9.21. The Morgan fingerprint density at radius 1 is 0.919 bits per heavy atom. The van der Waals surface area contributed by atoms with E-state index in [1.807, 2.05) is 53.9 Å². The van der Waals surface area contributed by atoms with Crippen LogP contribution in [0, 0.1) is 12.7 Å². The van der Waals surface area contributed by atoms with E-state index in [0.717, 1.165) is 33.9 Å². The zero-order chi connectivity index (χ0) is 25.9. The van der Waals surface area contributed by atoms with Crippen LogP contribution in [0.15, 0.2) is 73.2 Å². The van der Waals surface area contributed by atoms with Gasteiger partial charge in [-0.3, -0.25) is 9.38 Å². The first-order valence-electron chi connectivity index (χ1n) is 12.1. The van der Waals surface area contributed by atoms with Gasteiger partial charge in [-0.05, 0) is 55.0 Å². The first-order valence-corrected chi connectivity index (χ1v) is 12.1. The van der Waals surface area contributed by atoms with Crippen molar-refractivity contribution in [2.45, 2.75) is 39.9 Å². The molecule has 0 aliphatic heterocycles. The zero-order valence-corrected chi connectivity index (χ0v) is 21.0. The SMILES string of the molecule is Cc1ccc(COc2cc(F)cc(COc3ccc(-c4nc(C(C)C)n5ccnc(N)c45)cc3)c2)cn1. The monoisotopic (exact) mass is 497 g/mol. The molecule has 0 aliphatic rings. The van der Waals surface area contributed by atoms with Gasteiger partial charge in [0.15, 0.2) is 0 Å². The number of nitrogens with zero attached hydrogens (tertiary/aromatic N) is 4. The number of halogens is 1. The molecule has 3 heterocycles. The Balaban J connectivity index is 1.29. The van der Waals surface area contributed by atoms with Gasteiger partial charge in [0.05, 0.1) is 0 Å². The van der Waals surface area contributed by atoms with Gasteiger partial charge in [0, 0.05) is 47.4 Å². The summed E-state index contributed by atoms with van der Waals surface area (Å²) < 4.78 is 27.9. The van der Waals surface area contributed by atoms with E-state index in [1.165, 1.54) is 12.1 Å². The van der Waals surface area contributed by atoms with Crippen LogP contribution in [0.5, 0.6) is 11.5 Å². The average Bonchev–Trinajstić information content (AvgIpc) is 3.29. The summed E-state index contributed by atoms with van der Waals surface area (Å²) in [4.78, 5) is 13.3. The standard InChI is InChI=1S/C29H28FN5O2/c1-18(2)29-34-26(27-28(31)32-10-11-35(27)29)22-6-8-24(9-7-22)36-17-21-12-23(30)14-25(13-21)37-16-20-5-4-19(3)33-15-20/h4-15,18H,16-17H2,1-3H3,(H2,31,32). The maximum Gasteiger partial charge on any atom is 0.150 e. The fourth-order valence-corrected chi connectivity index (χ4v) is 4.11. The quantitative estimate of drug-likeness (QED) is 0.279. The van der Waals surface area contributed by atoms with Crippen LogP contribution < -0.4 is 15.2 Å². The number of hydrogen-bond donors (Lipinski definition) is 1. The zero-order valence-electron chi connectivity index (χ0n) is 21.0. The van der Waals surface area contributed by atoms with Gasteiger partial charge in [-0.2, -0.15) is 0 Å². The van der Waals surface area contributed by atoms with Crippen molar-refractivity contribution in [1.29, 1.82) is 0 Å². The van der Waals surface area contributed by atoms with E-state index < -0.39 is 0 Å². The molecule has 37 heavy (non-hydrogen) atoms. The highest BCUT2D eigenvalue weighted by atomic mass is 19.1. The molecule has 2 aromatic carbocycles. The van der Waals surface area contributed by atoms with Crippen molar-refractivity contribution in [1.82, 2.24) is 19.4 Å². The van der Waals surface area contributed by atoms with Crippen molar-refractivity contribution in [3.8, 4) is 22.8 Å². The number of fused-ring (bicyclic) bond motifs is 1. The molecule has 0 bridgehead atoms. The van der Waals surface area contributed by atoms with E-state index in [1.54, 1.807) is 18.5 Å². The molecule has 7 nitrogen and oxygen atoms in total. The van der Waals surface area contributed by atoms with E-state index in [0.29, 0.717) is 29.5 Å². The molecule has 0 unspecified atom stereocenters. The predicted molar refractivity (Wildman–Crippen MR) is 141 cm³/mol. The highest BCUT2D eigenvalue weighted by molar-refractivity contribution is 5.85. The average molecular weight is 498 g/mol. The summed E-state index contributed by atoms with van der Waals surface area (Å²) in [5.74, 6) is 2.28. The number of benzene rings is 2. The lowest BCUT2D eigenvalue weighted by Gasteiger charge is -2.11. The van der Waals surface area contributed by atoms with Crippen LogP contribution >= 0.6 is 0 Å². The third-order valence-electron chi connectivity index (χ3n) is 5.97. The minimum atomic E-state index is -0.382. The Hall–Kier alpha value is -4.46. The summed E-state index contributed by atoms with van der Waals surface area (Å²) in [6.45, 7) is 6.61. The summed E-state index contributed by atoms with van der Waals surface area (Å²) in [5.41, 5.74) is 11.2. The number of anilines is 1. The van der Waals surface area contributed by atoms with Crippen molar-refractivity contribution in [3.63, 3.8) is 0 Å². The number of hydrogen-bond acceptors (Lipinski definition) is 6. The Labute approximate surface area is 214 Å². The molecule has 0 saturated carbocycles. The van der Waals surface area contributed by atoms with E-state index in [2.05, 4.69) is 23.8 Å². The molecule has 0 atom stereocenters. The molecule has 3 aromatic heterocycles. The Kier molecular flexibility index (Phi) is 6.72. The molecule has 0 aliphatic carbocycles. The van der Waals surface area contributed by atoms with Gasteiger partial charge < -0.3 is 15.2 Å². The summed E-state index contributed by atoms with van der Waals surface area (Å²) in [5, 5.41) is 0. The summed E-state index contributed by atoms with van der Waals surface area (Å²) in [6, 6.07) is 16.0. The largest absolute Gasteiger partial charge is 0.489 e. The minimum absolute atomic E-state index is 0.196. The third-order valence-corrected chi connectivity index (χ3v) is 5.97. The second-order valence-corrected chi connectivity index (χ2v) is 9.21. The van der Waals surface area contributed by atoms with Crippen LogP contribution in [0.4, 0.5) is 10.2 Å². The highest BCUT2D eigenvalue weighted by Gasteiger charge is 2.17. The Morgan fingerprint density at radius 2 is 1.68 bits per heavy atom. The highest BCUT2D eigenvalue weighted by Crippen LogP contribution is 2.31. The summed E-state index contributed by atoms with van der Waals surface area (Å²) in [7, 11) is 0. The number of aryl methyl sites for hydroxylation is 1. The number of aromatic nitrogens is 4. The number of pyridine rings is 1. The van der Waals surface area contributed by atoms with Gasteiger partial charge in [-0.15, -0.1) is 0 Å². The number of imidazole rings is 1. The maximum absolute atomic E-state index is 14.2.